The average molecular weight is 278 g/mol. The van der Waals surface area contributed by atoms with Gasteiger partial charge in [-0.2, -0.15) is 0 Å². The Morgan fingerprint density at radius 3 is 2.30 bits per heavy atom. The molecule has 1 rings (SSSR count). The zero-order valence-corrected chi connectivity index (χ0v) is 11.9. The molecule has 0 heterocycles. The zero-order valence-electron chi connectivity index (χ0n) is 11.9. The highest BCUT2D eigenvalue weighted by Gasteiger charge is 2.22. The van der Waals surface area contributed by atoms with Gasteiger partial charge in [-0.05, 0) is 18.4 Å². The minimum Gasteiger partial charge on any atom is -0.479 e. The normalized spacial score (nSPS) is 13.3. The summed E-state index contributed by atoms with van der Waals surface area (Å²) >= 11 is 0. The Balaban J connectivity index is 2.67. The number of hydrogen-bond acceptors (Lipinski definition) is 2. The summed E-state index contributed by atoms with van der Waals surface area (Å²) in [6.07, 6.45) is 2.68. The predicted molar refractivity (Wildman–Crippen MR) is 77.5 cm³/mol. The molecule has 2 amide bonds. The van der Waals surface area contributed by atoms with Crippen LogP contribution in [0.5, 0.6) is 0 Å². The number of carbonyl (C=O) groups is 2. The minimum absolute atomic E-state index is 0.0743. The van der Waals surface area contributed by atoms with Crippen molar-refractivity contribution < 1.29 is 14.7 Å². The number of benzene rings is 1. The molecule has 0 saturated carbocycles. The molecule has 1 aromatic rings. The first-order valence-electron chi connectivity index (χ1n) is 6.93. The van der Waals surface area contributed by atoms with E-state index in [1.165, 1.54) is 0 Å². The summed E-state index contributed by atoms with van der Waals surface area (Å²) in [5.41, 5.74) is 0.554. The summed E-state index contributed by atoms with van der Waals surface area (Å²) < 4.78 is 0. The molecule has 0 aromatic heterocycles. The van der Waals surface area contributed by atoms with E-state index in [0.717, 1.165) is 19.3 Å². The van der Waals surface area contributed by atoms with Crippen molar-refractivity contribution in [1.82, 2.24) is 10.6 Å². The SMILES string of the molecule is CCCC(CC)NC(=O)N[C@H](C(=O)O)c1ccccc1. The molecule has 0 radical (unpaired) electrons. The Labute approximate surface area is 119 Å². The van der Waals surface area contributed by atoms with Crippen molar-refractivity contribution in [2.45, 2.75) is 45.2 Å². The van der Waals surface area contributed by atoms with E-state index >= 15 is 0 Å². The van der Waals surface area contributed by atoms with Crippen molar-refractivity contribution in [3.8, 4) is 0 Å². The lowest BCUT2D eigenvalue weighted by Crippen LogP contribution is -2.45. The molecule has 0 saturated heterocycles. The van der Waals surface area contributed by atoms with Crippen molar-refractivity contribution in [3.63, 3.8) is 0 Å². The van der Waals surface area contributed by atoms with Gasteiger partial charge in [0.25, 0.3) is 0 Å². The van der Waals surface area contributed by atoms with Crippen LogP contribution in [0, 0.1) is 0 Å². The highest BCUT2D eigenvalue weighted by atomic mass is 16.4. The van der Waals surface area contributed by atoms with Gasteiger partial charge in [0.2, 0.25) is 0 Å². The van der Waals surface area contributed by atoms with Crippen LogP contribution >= 0.6 is 0 Å². The molecule has 1 aromatic carbocycles. The first kappa shape index (κ1) is 16.0. The summed E-state index contributed by atoms with van der Waals surface area (Å²) in [4.78, 5) is 23.2. The highest BCUT2D eigenvalue weighted by Crippen LogP contribution is 2.12. The van der Waals surface area contributed by atoms with Crippen LogP contribution in [0.25, 0.3) is 0 Å². The van der Waals surface area contributed by atoms with E-state index in [9.17, 15) is 14.7 Å². The average Bonchev–Trinajstić information content (AvgIpc) is 2.45. The molecule has 0 aliphatic heterocycles. The van der Waals surface area contributed by atoms with E-state index in [0.29, 0.717) is 5.56 Å². The summed E-state index contributed by atoms with van der Waals surface area (Å²) in [5.74, 6) is -1.07. The van der Waals surface area contributed by atoms with Gasteiger partial charge in [0.1, 0.15) is 0 Å². The van der Waals surface area contributed by atoms with E-state index in [1.807, 2.05) is 13.8 Å². The Morgan fingerprint density at radius 1 is 1.15 bits per heavy atom. The Kier molecular flexibility index (Phi) is 6.56. The summed E-state index contributed by atoms with van der Waals surface area (Å²) in [6.45, 7) is 4.04. The molecule has 0 aliphatic rings. The lowest BCUT2D eigenvalue weighted by Gasteiger charge is -2.20. The number of urea groups is 1. The van der Waals surface area contributed by atoms with Gasteiger partial charge in [0, 0.05) is 6.04 Å². The van der Waals surface area contributed by atoms with Gasteiger partial charge in [-0.1, -0.05) is 50.6 Å². The van der Waals surface area contributed by atoms with Gasteiger partial charge in [0.15, 0.2) is 6.04 Å². The third-order valence-corrected chi connectivity index (χ3v) is 3.12. The van der Waals surface area contributed by atoms with Crippen LogP contribution in [-0.2, 0) is 4.79 Å². The van der Waals surface area contributed by atoms with Crippen molar-refractivity contribution in [1.29, 1.82) is 0 Å². The van der Waals surface area contributed by atoms with Crippen LogP contribution < -0.4 is 10.6 Å². The molecule has 0 aliphatic carbocycles. The molecule has 3 N–H and O–H groups in total. The van der Waals surface area contributed by atoms with Gasteiger partial charge < -0.3 is 15.7 Å². The Bertz CT molecular complexity index is 434. The number of rotatable bonds is 7. The van der Waals surface area contributed by atoms with E-state index < -0.39 is 18.0 Å². The third-order valence-electron chi connectivity index (χ3n) is 3.12. The Morgan fingerprint density at radius 2 is 1.80 bits per heavy atom. The van der Waals surface area contributed by atoms with Crippen LogP contribution in [0.15, 0.2) is 30.3 Å². The number of aliphatic carboxylic acids is 1. The number of carboxylic acid groups (broad SMARTS) is 1. The number of nitrogens with one attached hydrogen (secondary N) is 2. The second-order valence-electron chi connectivity index (χ2n) is 4.69. The number of carboxylic acids is 1. The monoisotopic (exact) mass is 278 g/mol. The standard InChI is InChI=1S/C15H22N2O3/c1-3-8-12(4-2)16-15(20)17-13(14(18)19)11-9-6-5-7-10-11/h5-7,9-10,12-13H,3-4,8H2,1-2H3,(H,18,19)(H2,16,17,20)/t12?,13-/m0/s1. The van der Waals surface area contributed by atoms with Crippen molar-refractivity contribution in [2.24, 2.45) is 0 Å². The maximum absolute atomic E-state index is 11.9. The van der Waals surface area contributed by atoms with Gasteiger partial charge in [-0.3, -0.25) is 0 Å². The molecular formula is C15H22N2O3. The van der Waals surface area contributed by atoms with Gasteiger partial charge in [-0.15, -0.1) is 0 Å². The summed E-state index contributed by atoms with van der Waals surface area (Å²) in [7, 11) is 0. The molecule has 0 fully saturated rings. The molecule has 20 heavy (non-hydrogen) atoms. The van der Waals surface area contributed by atoms with Crippen LogP contribution in [0.4, 0.5) is 4.79 Å². The molecule has 0 spiro atoms. The number of hydrogen-bond donors (Lipinski definition) is 3. The summed E-state index contributed by atoms with van der Waals surface area (Å²) in [6, 6.07) is 7.26. The molecule has 5 heteroatoms. The van der Waals surface area contributed by atoms with Crippen LogP contribution in [-0.4, -0.2) is 23.1 Å². The fourth-order valence-corrected chi connectivity index (χ4v) is 2.02. The lowest BCUT2D eigenvalue weighted by molar-refractivity contribution is -0.139. The largest absolute Gasteiger partial charge is 0.479 e. The number of carbonyl (C=O) groups excluding carboxylic acids is 1. The zero-order chi connectivity index (χ0) is 15.0. The quantitative estimate of drug-likeness (QED) is 0.717. The van der Waals surface area contributed by atoms with Crippen LogP contribution in [0.2, 0.25) is 0 Å². The predicted octanol–water partition coefficient (Wildman–Crippen LogP) is 2.69. The Hall–Kier alpha value is -2.04. The van der Waals surface area contributed by atoms with E-state index in [4.69, 9.17) is 0 Å². The van der Waals surface area contributed by atoms with Crippen molar-refractivity contribution in [2.75, 3.05) is 0 Å². The van der Waals surface area contributed by atoms with Gasteiger partial charge in [-0.25, -0.2) is 9.59 Å². The first-order valence-corrected chi connectivity index (χ1v) is 6.93. The van der Waals surface area contributed by atoms with E-state index in [1.54, 1.807) is 30.3 Å². The van der Waals surface area contributed by atoms with Crippen LogP contribution in [0.1, 0.15) is 44.7 Å². The van der Waals surface area contributed by atoms with E-state index in [2.05, 4.69) is 10.6 Å². The van der Waals surface area contributed by atoms with Crippen molar-refractivity contribution in [3.05, 3.63) is 35.9 Å². The molecule has 2 atom stereocenters. The molecule has 1 unspecified atom stereocenters. The maximum Gasteiger partial charge on any atom is 0.330 e. The second-order valence-corrected chi connectivity index (χ2v) is 4.69. The number of amides is 2. The minimum atomic E-state index is -1.07. The van der Waals surface area contributed by atoms with E-state index in [-0.39, 0.29) is 6.04 Å². The van der Waals surface area contributed by atoms with Crippen molar-refractivity contribution >= 4 is 12.0 Å². The molecule has 0 bridgehead atoms. The second kappa shape index (κ2) is 8.19. The topological polar surface area (TPSA) is 78.4 Å². The molecule has 5 nitrogen and oxygen atoms in total. The molecule has 110 valence electrons. The fraction of sp³-hybridized carbons (Fsp3) is 0.467. The fourth-order valence-electron chi connectivity index (χ4n) is 2.02. The third kappa shape index (κ3) is 4.91. The van der Waals surface area contributed by atoms with Gasteiger partial charge in [0.05, 0.1) is 0 Å². The maximum atomic E-state index is 11.9. The molecular weight excluding hydrogens is 256 g/mol. The van der Waals surface area contributed by atoms with Crippen LogP contribution in [0.3, 0.4) is 0 Å². The smallest absolute Gasteiger partial charge is 0.330 e. The van der Waals surface area contributed by atoms with Gasteiger partial charge >= 0.3 is 12.0 Å². The lowest BCUT2D eigenvalue weighted by atomic mass is 10.1. The first-order chi connectivity index (χ1) is 9.58. The highest BCUT2D eigenvalue weighted by molar-refractivity contribution is 5.83. The summed E-state index contributed by atoms with van der Waals surface area (Å²) in [5, 5.41) is 14.5.